The second kappa shape index (κ2) is 20.7. The number of carboxylic acid groups (broad SMARTS) is 1. The molecule has 2 saturated heterocycles. The van der Waals surface area contributed by atoms with Crippen molar-refractivity contribution in [2.45, 2.75) is 75.8 Å². The molecule has 6 heterocycles. The first-order valence-corrected chi connectivity index (χ1v) is 26.1. The molecule has 0 bridgehead atoms. The molecule has 3 aliphatic heterocycles. The van der Waals surface area contributed by atoms with E-state index in [1.54, 1.807) is 10.7 Å². The molecule has 11 rings (SSSR count). The van der Waals surface area contributed by atoms with Crippen LogP contribution in [0.1, 0.15) is 87.7 Å². The van der Waals surface area contributed by atoms with Gasteiger partial charge in [0.15, 0.2) is 10.8 Å². The third-order valence-corrected chi connectivity index (χ3v) is 15.8. The number of carbonyl (C=O) groups excluding carboxylic acids is 3. The SMILES string of the molecule is Cn1nc(C2CCC(=O)NC2=O)c2ccc(N3CCN(CCOC4CCC(Oc5cccc(-c6ccc(N7CCc8cccc(C(=O)Nc9nc%10ccccc%10s9)c8C7)nc6C(=O)O)c5C(F)(F)F)CC4)CC3)cc21. The van der Waals surface area contributed by atoms with E-state index in [1.165, 1.54) is 41.7 Å². The van der Waals surface area contributed by atoms with Crippen LogP contribution in [-0.4, -0.2) is 112 Å². The van der Waals surface area contributed by atoms with Crippen molar-refractivity contribution in [2.75, 3.05) is 61.0 Å². The van der Waals surface area contributed by atoms with Gasteiger partial charge in [-0.1, -0.05) is 47.7 Å². The number of nitrogens with one attached hydrogen (secondary N) is 2. The number of carboxylic acids is 1. The monoisotopic (exact) mass is 1040 g/mol. The molecule has 1 aliphatic carbocycles. The van der Waals surface area contributed by atoms with Gasteiger partial charge in [0, 0.05) is 87.0 Å². The van der Waals surface area contributed by atoms with Gasteiger partial charge in [-0.3, -0.25) is 34.6 Å². The zero-order chi connectivity index (χ0) is 52.0. The van der Waals surface area contributed by atoms with Gasteiger partial charge >= 0.3 is 12.1 Å². The van der Waals surface area contributed by atoms with Crippen LogP contribution < -0.4 is 25.2 Å². The number of alkyl halides is 3. The molecule has 4 aliphatic rings. The van der Waals surface area contributed by atoms with Crippen molar-refractivity contribution in [3.63, 3.8) is 0 Å². The van der Waals surface area contributed by atoms with Gasteiger partial charge in [-0.2, -0.15) is 18.3 Å². The lowest BCUT2D eigenvalue weighted by molar-refractivity contribution is -0.139. The molecule has 0 radical (unpaired) electrons. The number of para-hydroxylation sites is 1. The lowest BCUT2D eigenvalue weighted by Gasteiger charge is -2.36. The number of carbonyl (C=O) groups is 4. The van der Waals surface area contributed by atoms with Gasteiger partial charge in [0.25, 0.3) is 5.91 Å². The van der Waals surface area contributed by atoms with Crippen molar-refractivity contribution in [1.29, 1.82) is 0 Å². The number of amides is 3. The Balaban J connectivity index is 0.694. The molecule has 1 atom stereocenters. The minimum Gasteiger partial charge on any atom is -0.490 e. The third kappa shape index (κ3) is 10.4. The summed E-state index contributed by atoms with van der Waals surface area (Å²) in [6, 6.07) is 26.1. The van der Waals surface area contributed by atoms with Crippen LogP contribution in [-0.2, 0) is 40.5 Å². The van der Waals surface area contributed by atoms with Crippen molar-refractivity contribution in [2.24, 2.45) is 7.05 Å². The fourth-order valence-corrected chi connectivity index (χ4v) is 11.8. The molecule has 75 heavy (non-hydrogen) atoms. The molecule has 16 nitrogen and oxygen atoms in total. The number of nitrogens with zero attached hydrogens (tertiary/aromatic N) is 7. The minimum absolute atomic E-state index is 0.0560. The number of ether oxygens (including phenoxy) is 2. The van der Waals surface area contributed by atoms with Gasteiger partial charge in [-0.15, -0.1) is 0 Å². The highest BCUT2D eigenvalue weighted by Crippen LogP contribution is 2.45. The van der Waals surface area contributed by atoms with Gasteiger partial charge in [0.2, 0.25) is 11.8 Å². The van der Waals surface area contributed by atoms with Crippen LogP contribution in [0.5, 0.6) is 5.75 Å². The maximum absolute atomic E-state index is 15.2. The van der Waals surface area contributed by atoms with Gasteiger partial charge in [-0.05, 0) is 104 Å². The van der Waals surface area contributed by atoms with E-state index in [-0.39, 0.29) is 53.1 Å². The van der Waals surface area contributed by atoms with Gasteiger partial charge in [0.1, 0.15) is 17.1 Å². The van der Waals surface area contributed by atoms with Crippen molar-refractivity contribution in [3.05, 3.63) is 125 Å². The third-order valence-electron chi connectivity index (χ3n) is 14.9. The predicted octanol–water partition coefficient (Wildman–Crippen LogP) is 8.83. The first kappa shape index (κ1) is 49.8. The Kier molecular flexibility index (Phi) is 13.7. The quantitative estimate of drug-likeness (QED) is 0.0932. The fraction of sp³-hybridized carbons (Fsp3) is 0.364. The number of aryl methyl sites for hydroxylation is 1. The smallest absolute Gasteiger partial charge is 0.420 e. The van der Waals surface area contributed by atoms with Crippen molar-refractivity contribution >= 4 is 72.8 Å². The summed E-state index contributed by atoms with van der Waals surface area (Å²) in [5.41, 5.74) is 3.46. The van der Waals surface area contributed by atoms with Crippen LogP contribution in [0.15, 0.2) is 91.0 Å². The number of hydrogen-bond donors (Lipinski definition) is 3. The molecule has 1 saturated carbocycles. The summed E-state index contributed by atoms with van der Waals surface area (Å²) in [7, 11) is 1.86. The number of halogens is 3. The zero-order valence-corrected chi connectivity index (χ0v) is 41.9. The average molecular weight is 1040 g/mol. The van der Waals surface area contributed by atoms with Crippen LogP contribution in [0, 0.1) is 0 Å². The number of piperidine rings is 1. The Morgan fingerprint density at radius 3 is 2.40 bits per heavy atom. The van der Waals surface area contributed by atoms with Gasteiger partial charge in [-0.25, -0.2) is 14.8 Å². The number of fused-ring (bicyclic) bond motifs is 3. The number of aromatic nitrogens is 4. The summed E-state index contributed by atoms with van der Waals surface area (Å²) in [6.07, 6.45) is -1.97. The number of anilines is 3. The Hall–Kier alpha value is -7.42. The standard InChI is InChI=1S/C55H54F3N9O7S/c1-64-43-30-33(12-17-39(43)49(63-64)40-19-21-47(68)61-52(40)70)66-26-24-65(25-27-66)28-29-73-34-13-15-35(16-14-34)74-44-10-5-7-36(48(44)55(56,57)58)37-18-20-46(60-50(37)53(71)72)67-23-22-32-6-4-8-38(41(32)31-67)51(69)62-54-59-42-9-2-3-11-45(42)75-54/h2-12,17-18,20,30,34-35,40H,13-16,19,21-29,31H2,1H3,(H,71,72)(H,59,62,69)(H,61,68,70). The molecular weight excluding hydrogens is 988 g/mol. The molecular formula is C55H54F3N9O7S. The Labute approximate surface area is 433 Å². The predicted molar refractivity (Wildman–Crippen MR) is 278 cm³/mol. The van der Waals surface area contributed by atoms with E-state index < -0.39 is 35.4 Å². The number of hydrogen-bond acceptors (Lipinski definition) is 13. The van der Waals surface area contributed by atoms with Crippen LogP contribution in [0.2, 0.25) is 0 Å². The Morgan fingerprint density at radius 1 is 0.840 bits per heavy atom. The normalized spacial score (nSPS) is 19.5. The molecule has 3 fully saturated rings. The molecule has 0 spiro atoms. The molecule has 3 aromatic heterocycles. The largest absolute Gasteiger partial charge is 0.490 e. The maximum atomic E-state index is 15.2. The van der Waals surface area contributed by atoms with E-state index in [9.17, 15) is 24.3 Å². The summed E-state index contributed by atoms with van der Waals surface area (Å²) in [4.78, 5) is 66.3. The number of rotatable bonds is 13. The van der Waals surface area contributed by atoms with Crippen LogP contribution in [0.25, 0.3) is 32.2 Å². The second-order valence-corrected chi connectivity index (χ2v) is 20.6. The molecule has 3 amide bonds. The van der Waals surface area contributed by atoms with Crippen molar-refractivity contribution < 1.29 is 46.9 Å². The number of thiazole rings is 1. The Bertz CT molecular complexity index is 3310. The topological polar surface area (TPSA) is 184 Å². The van der Waals surface area contributed by atoms with Crippen LogP contribution in [0.4, 0.5) is 29.8 Å². The van der Waals surface area contributed by atoms with E-state index in [0.717, 1.165) is 70.7 Å². The number of pyridine rings is 1. The summed E-state index contributed by atoms with van der Waals surface area (Å²) in [5, 5.41) is 21.8. The van der Waals surface area contributed by atoms with Crippen LogP contribution >= 0.6 is 11.3 Å². The Morgan fingerprint density at radius 2 is 1.63 bits per heavy atom. The minimum atomic E-state index is -4.89. The summed E-state index contributed by atoms with van der Waals surface area (Å²) < 4.78 is 60.6. The lowest BCUT2D eigenvalue weighted by atomic mass is 9.93. The highest BCUT2D eigenvalue weighted by Gasteiger charge is 2.40. The van der Waals surface area contributed by atoms with E-state index in [4.69, 9.17) is 9.47 Å². The van der Waals surface area contributed by atoms with Crippen LogP contribution in [0.3, 0.4) is 0 Å². The van der Waals surface area contributed by atoms with E-state index in [0.29, 0.717) is 74.5 Å². The van der Waals surface area contributed by atoms with Crippen molar-refractivity contribution in [1.82, 2.24) is 30.0 Å². The molecule has 7 aromatic rings. The number of imide groups is 1. The van der Waals surface area contributed by atoms with Crippen molar-refractivity contribution in [3.8, 4) is 16.9 Å². The zero-order valence-electron chi connectivity index (χ0n) is 41.1. The first-order chi connectivity index (χ1) is 36.2. The summed E-state index contributed by atoms with van der Waals surface area (Å²) in [6.45, 7) is 5.24. The van der Waals surface area contributed by atoms with E-state index in [2.05, 4.69) is 47.6 Å². The first-order valence-electron chi connectivity index (χ1n) is 25.3. The maximum Gasteiger partial charge on any atom is 0.420 e. The number of benzene rings is 4. The molecule has 388 valence electrons. The molecule has 1 unspecified atom stereocenters. The number of piperazine rings is 1. The fourth-order valence-electron chi connectivity index (χ4n) is 11.0. The highest BCUT2D eigenvalue weighted by atomic mass is 32.1. The van der Waals surface area contributed by atoms with E-state index in [1.807, 2.05) is 54.4 Å². The average Bonchev–Trinajstić information content (AvgIpc) is 3.97. The lowest BCUT2D eigenvalue weighted by Crippen LogP contribution is -2.47. The highest BCUT2D eigenvalue weighted by molar-refractivity contribution is 7.22. The second-order valence-electron chi connectivity index (χ2n) is 19.5. The molecule has 3 N–H and O–H groups in total. The number of aromatic carboxylic acids is 1. The molecule has 4 aromatic carbocycles. The summed E-state index contributed by atoms with van der Waals surface area (Å²) >= 11 is 1.36. The molecule has 20 heteroatoms. The summed E-state index contributed by atoms with van der Waals surface area (Å²) in [5.74, 6) is -2.96. The van der Waals surface area contributed by atoms with Gasteiger partial charge in [0.05, 0.1) is 46.2 Å². The van der Waals surface area contributed by atoms with Gasteiger partial charge < -0.3 is 24.4 Å². The van der Waals surface area contributed by atoms with E-state index >= 15 is 13.2 Å².